The van der Waals surface area contributed by atoms with Gasteiger partial charge in [-0.05, 0) is 30.9 Å². The van der Waals surface area contributed by atoms with E-state index in [4.69, 9.17) is 11.6 Å². The minimum absolute atomic E-state index is 0.0723. The van der Waals surface area contributed by atoms with Crippen LogP contribution in [0.5, 0.6) is 0 Å². The number of piperidine rings is 1. The van der Waals surface area contributed by atoms with Gasteiger partial charge in [0, 0.05) is 31.1 Å². The van der Waals surface area contributed by atoms with Gasteiger partial charge in [0.2, 0.25) is 15.9 Å². The molecule has 25 heavy (non-hydrogen) atoms. The summed E-state index contributed by atoms with van der Waals surface area (Å²) in [5.74, 6) is -0.606. The monoisotopic (exact) mass is 388 g/mol. The number of carbonyl (C=O) groups is 1. The van der Waals surface area contributed by atoms with E-state index in [1.54, 1.807) is 29.2 Å². The summed E-state index contributed by atoms with van der Waals surface area (Å²) in [6, 6.07) is 5.72. The molecule has 2 aliphatic rings. The molecule has 0 N–H and O–H groups in total. The number of likely N-dealkylation sites (tertiary alicyclic amines) is 1. The van der Waals surface area contributed by atoms with Gasteiger partial charge >= 0.3 is 0 Å². The van der Waals surface area contributed by atoms with Crippen LogP contribution in [-0.2, 0) is 20.6 Å². The minimum Gasteiger partial charge on any atom is -0.341 e. The second-order valence-electron chi connectivity index (χ2n) is 6.65. The summed E-state index contributed by atoms with van der Waals surface area (Å²) in [4.78, 5) is 14.4. The van der Waals surface area contributed by atoms with Crippen LogP contribution in [0.15, 0.2) is 24.3 Å². The van der Waals surface area contributed by atoms with Gasteiger partial charge in [0.1, 0.15) is 12.2 Å². The molecular formula is C17H22ClFN2O3S. The highest BCUT2D eigenvalue weighted by Gasteiger charge is 2.45. The average Bonchev–Trinajstić information content (AvgIpc) is 3.00. The molecule has 138 valence electrons. The maximum atomic E-state index is 14.0. The molecule has 0 unspecified atom stereocenters. The smallest absolute Gasteiger partial charge is 0.241 e. The van der Waals surface area contributed by atoms with Crippen LogP contribution in [0, 0.1) is 0 Å². The summed E-state index contributed by atoms with van der Waals surface area (Å²) in [6.45, 7) is 0.965. The summed E-state index contributed by atoms with van der Waals surface area (Å²) in [7, 11) is -3.84. The molecule has 3 rings (SSSR count). The zero-order chi connectivity index (χ0) is 18.0. The molecule has 1 aromatic rings. The van der Waals surface area contributed by atoms with E-state index < -0.39 is 22.2 Å². The van der Waals surface area contributed by atoms with Gasteiger partial charge in [0.25, 0.3) is 0 Å². The van der Waals surface area contributed by atoms with Gasteiger partial charge in [-0.3, -0.25) is 4.79 Å². The Bertz CT molecular complexity index is 737. The Kier molecular flexibility index (Phi) is 5.65. The van der Waals surface area contributed by atoms with Crippen molar-refractivity contribution in [2.75, 3.05) is 19.6 Å². The van der Waals surface area contributed by atoms with Crippen molar-refractivity contribution in [1.82, 2.24) is 9.21 Å². The third-order valence-electron chi connectivity index (χ3n) is 4.81. The highest BCUT2D eigenvalue weighted by Crippen LogP contribution is 2.29. The van der Waals surface area contributed by atoms with Crippen LogP contribution in [0.3, 0.4) is 0 Å². The van der Waals surface area contributed by atoms with Crippen molar-refractivity contribution in [2.45, 2.75) is 43.6 Å². The largest absolute Gasteiger partial charge is 0.341 e. The maximum Gasteiger partial charge on any atom is 0.241 e. The lowest BCUT2D eigenvalue weighted by Crippen LogP contribution is -2.49. The van der Waals surface area contributed by atoms with Gasteiger partial charge in [-0.1, -0.05) is 29.8 Å². The van der Waals surface area contributed by atoms with E-state index in [2.05, 4.69) is 0 Å². The van der Waals surface area contributed by atoms with Gasteiger partial charge in [0.15, 0.2) is 0 Å². The lowest BCUT2D eigenvalue weighted by molar-refractivity contribution is -0.135. The average molecular weight is 389 g/mol. The third kappa shape index (κ3) is 4.15. The van der Waals surface area contributed by atoms with Gasteiger partial charge in [-0.25, -0.2) is 12.8 Å². The zero-order valence-corrected chi connectivity index (χ0v) is 15.5. The number of amides is 1. The van der Waals surface area contributed by atoms with Crippen LogP contribution in [0.25, 0.3) is 0 Å². The van der Waals surface area contributed by atoms with E-state index in [0.29, 0.717) is 23.7 Å². The summed E-state index contributed by atoms with van der Waals surface area (Å²) in [5, 5.41) is 0.348. The number of halogens is 2. The molecule has 2 fully saturated rings. The van der Waals surface area contributed by atoms with E-state index in [0.717, 1.165) is 23.6 Å². The van der Waals surface area contributed by atoms with Crippen molar-refractivity contribution < 1.29 is 17.6 Å². The molecule has 1 aromatic carbocycles. The standard InChI is InChI=1S/C17H22ClFN2O3S/c18-15-7-3-2-6-13(15)12-25(23,24)21-11-14(19)10-16(21)17(22)20-8-4-1-5-9-20/h2-3,6-7,14,16H,1,4-5,8-12H2/t14-,16-/m0/s1. The quantitative estimate of drug-likeness (QED) is 0.796. The van der Waals surface area contributed by atoms with Gasteiger partial charge in [-0.2, -0.15) is 4.31 Å². The first-order valence-electron chi connectivity index (χ1n) is 8.54. The third-order valence-corrected chi connectivity index (χ3v) is 6.97. The second kappa shape index (κ2) is 7.60. The normalized spacial score (nSPS) is 25.3. The van der Waals surface area contributed by atoms with Gasteiger partial charge < -0.3 is 4.90 Å². The van der Waals surface area contributed by atoms with Crippen LogP contribution in [-0.4, -0.2) is 55.4 Å². The lowest BCUT2D eigenvalue weighted by atomic mass is 10.1. The number of rotatable bonds is 4. The Morgan fingerprint density at radius 3 is 2.56 bits per heavy atom. The fourth-order valence-electron chi connectivity index (χ4n) is 3.51. The van der Waals surface area contributed by atoms with Crippen molar-refractivity contribution in [2.24, 2.45) is 0 Å². The first kappa shape index (κ1) is 18.6. The Morgan fingerprint density at radius 1 is 1.20 bits per heavy atom. The number of nitrogens with zero attached hydrogens (tertiary/aromatic N) is 2. The van der Waals surface area contributed by atoms with Crippen molar-refractivity contribution in [3.8, 4) is 0 Å². The summed E-state index contributed by atoms with van der Waals surface area (Å²) in [6.07, 6.45) is 1.49. The Hall–Kier alpha value is -1.18. The highest BCUT2D eigenvalue weighted by atomic mass is 35.5. The Labute approximate surface area is 152 Å². The second-order valence-corrected chi connectivity index (χ2v) is 8.98. The highest BCUT2D eigenvalue weighted by molar-refractivity contribution is 7.88. The molecule has 0 spiro atoms. The molecule has 0 radical (unpaired) electrons. The molecule has 2 saturated heterocycles. The van der Waals surface area contributed by atoms with Gasteiger partial charge in [0.05, 0.1) is 5.75 Å². The number of carbonyl (C=O) groups excluding carboxylic acids is 1. The van der Waals surface area contributed by atoms with E-state index in [1.165, 1.54) is 0 Å². The molecule has 0 aliphatic carbocycles. The fourth-order valence-corrected chi connectivity index (χ4v) is 5.55. The molecule has 0 bridgehead atoms. The van der Waals surface area contributed by atoms with Crippen LogP contribution >= 0.6 is 11.6 Å². The molecule has 1 amide bonds. The summed E-state index contributed by atoms with van der Waals surface area (Å²) >= 11 is 6.05. The van der Waals surface area contributed by atoms with Crippen molar-refractivity contribution >= 4 is 27.5 Å². The SMILES string of the molecule is O=C([C@@H]1C[C@H](F)CN1S(=O)(=O)Cc1ccccc1Cl)N1CCCCC1. The maximum absolute atomic E-state index is 14.0. The molecular weight excluding hydrogens is 367 g/mol. The van der Waals surface area contributed by atoms with E-state index in [1.807, 2.05) is 0 Å². The van der Waals surface area contributed by atoms with Crippen molar-refractivity contribution in [1.29, 1.82) is 0 Å². The molecule has 2 atom stereocenters. The van der Waals surface area contributed by atoms with Crippen LogP contribution in [0.1, 0.15) is 31.2 Å². The zero-order valence-electron chi connectivity index (χ0n) is 13.9. The van der Waals surface area contributed by atoms with Gasteiger partial charge in [-0.15, -0.1) is 0 Å². The number of hydrogen-bond acceptors (Lipinski definition) is 3. The predicted molar refractivity (Wildman–Crippen MR) is 94.5 cm³/mol. The van der Waals surface area contributed by atoms with Crippen molar-refractivity contribution in [3.63, 3.8) is 0 Å². The fraction of sp³-hybridized carbons (Fsp3) is 0.588. The number of sulfonamides is 1. The van der Waals surface area contributed by atoms with E-state index in [-0.39, 0.29) is 24.6 Å². The number of hydrogen-bond donors (Lipinski definition) is 0. The Balaban J connectivity index is 1.80. The molecule has 2 heterocycles. The van der Waals surface area contributed by atoms with E-state index >= 15 is 0 Å². The van der Waals surface area contributed by atoms with Crippen LogP contribution < -0.4 is 0 Å². The number of benzene rings is 1. The predicted octanol–water partition coefficient (Wildman–Crippen LogP) is 2.59. The van der Waals surface area contributed by atoms with Crippen LogP contribution in [0.4, 0.5) is 4.39 Å². The molecule has 2 aliphatic heterocycles. The first-order chi connectivity index (χ1) is 11.9. The molecule has 0 aromatic heterocycles. The van der Waals surface area contributed by atoms with Crippen molar-refractivity contribution in [3.05, 3.63) is 34.9 Å². The minimum atomic E-state index is -3.84. The summed E-state index contributed by atoms with van der Waals surface area (Å²) < 4.78 is 40.7. The molecule has 0 saturated carbocycles. The first-order valence-corrected chi connectivity index (χ1v) is 10.5. The van der Waals surface area contributed by atoms with Crippen LogP contribution in [0.2, 0.25) is 5.02 Å². The topological polar surface area (TPSA) is 57.7 Å². The lowest BCUT2D eigenvalue weighted by Gasteiger charge is -2.32. The Morgan fingerprint density at radius 2 is 1.88 bits per heavy atom. The summed E-state index contributed by atoms with van der Waals surface area (Å²) in [5.41, 5.74) is 0.454. The number of alkyl halides is 1. The molecule has 5 nitrogen and oxygen atoms in total. The molecule has 8 heteroatoms. The van der Waals surface area contributed by atoms with E-state index in [9.17, 15) is 17.6 Å².